The molecule has 0 spiro atoms. The van der Waals surface area contributed by atoms with E-state index in [2.05, 4.69) is 22.5 Å². The highest BCUT2D eigenvalue weighted by Gasteiger charge is 2.34. The number of rotatable bonds is 6. The molecule has 0 atom stereocenters. The molecule has 1 fully saturated rings. The van der Waals surface area contributed by atoms with Crippen LogP contribution < -0.4 is 10.6 Å². The van der Waals surface area contributed by atoms with Gasteiger partial charge in [-0.1, -0.05) is 13.3 Å². The Morgan fingerprint density at radius 1 is 1.35 bits per heavy atom. The van der Waals surface area contributed by atoms with Crippen LogP contribution in [0, 0.1) is 5.41 Å². The maximum atomic E-state index is 11.9. The SMILES string of the molecule is CCC1(CNC(=NC)NCCCF)CCC1.I. The van der Waals surface area contributed by atoms with Crippen LogP contribution in [-0.2, 0) is 0 Å². The molecule has 0 radical (unpaired) electrons. The first-order chi connectivity index (χ1) is 7.76. The predicted octanol–water partition coefficient (Wildman–Crippen LogP) is 2.71. The molecule has 5 heteroatoms. The van der Waals surface area contributed by atoms with E-state index in [1.165, 1.54) is 25.7 Å². The van der Waals surface area contributed by atoms with Crippen molar-refractivity contribution in [2.75, 3.05) is 26.8 Å². The summed E-state index contributed by atoms with van der Waals surface area (Å²) in [5, 5.41) is 6.45. The fourth-order valence-corrected chi connectivity index (χ4v) is 2.10. The van der Waals surface area contributed by atoms with Crippen LogP contribution in [0.2, 0.25) is 0 Å². The molecule has 17 heavy (non-hydrogen) atoms. The van der Waals surface area contributed by atoms with Gasteiger partial charge >= 0.3 is 0 Å². The number of hydrogen-bond donors (Lipinski definition) is 2. The molecule has 0 unspecified atom stereocenters. The number of guanidine groups is 1. The summed E-state index contributed by atoms with van der Waals surface area (Å²) in [6, 6.07) is 0. The molecular formula is C12H25FIN3. The van der Waals surface area contributed by atoms with E-state index in [1.54, 1.807) is 7.05 Å². The smallest absolute Gasteiger partial charge is 0.190 e. The quantitative estimate of drug-likeness (QED) is 0.332. The van der Waals surface area contributed by atoms with Gasteiger partial charge in [0.05, 0.1) is 6.67 Å². The van der Waals surface area contributed by atoms with Gasteiger partial charge in [-0.2, -0.15) is 0 Å². The fourth-order valence-electron chi connectivity index (χ4n) is 2.10. The molecule has 0 aromatic rings. The Hall–Kier alpha value is -0.0700. The van der Waals surface area contributed by atoms with E-state index in [0.717, 1.165) is 12.5 Å². The third-order valence-corrected chi connectivity index (χ3v) is 3.62. The predicted molar refractivity (Wildman–Crippen MR) is 81.9 cm³/mol. The van der Waals surface area contributed by atoms with E-state index >= 15 is 0 Å². The molecule has 2 N–H and O–H groups in total. The number of alkyl halides is 1. The molecule has 1 aliphatic rings. The summed E-state index contributed by atoms with van der Waals surface area (Å²) < 4.78 is 11.9. The van der Waals surface area contributed by atoms with Crippen molar-refractivity contribution in [3.8, 4) is 0 Å². The summed E-state index contributed by atoms with van der Waals surface area (Å²) in [7, 11) is 1.75. The van der Waals surface area contributed by atoms with Gasteiger partial charge in [0.2, 0.25) is 0 Å². The van der Waals surface area contributed by atoms with Gasteiger partial charge in [0, 0.05) is 20.1 Å². The van der Waals surface area contributed by atoms with Gasteiger partial charge in [-0.15, -0.1) is 24.0 Å². The van der Waals surface area contributed by atoms with Crippen LogP contribution in [0.25, 0.3) is 0 Å². The molecule has 0 heterocycles. The summed E-state index contributed by atoms with van der Waals surface area (Å²) in [5.41, 5.74) is 0.484. The van der Waals surface area contributed by atoms with Crippen molar-refractivity contribution in [2.45, 2.75) is 39.0 Å². The van der Waals surface area contributed by atoms with Crippen molar-refractivity contribution in [1.29, 1.82) is 0 Å². The lowest BCUT2D eigenvalue weighted by atomic mass is 9.67. The Morgan fingerprint density at radius 3 is 2.47 bits per heavy atom. The first-order valence-electron chi connectivity index (χ1n) is 6.27. The van der Waals surface area contributed by atoms with Crippen LogP contribution in [0.3, 0.4) is 0 Å². The fraction of sp³-hybridized carbons (Fsp3) is 0.917. The number of halogens is 2. The van der Waals surface area contributed by atoms with E-state index in [1.807, 2.05) is 0 Å². The van der Waals surface area contributed by atoms with Gasteiger partial charge < -0.3 is 10.6 Å². The summed E-state index contributed by atoms with van der Waals surface area (Å²) in [6.45, 7) is 3.61. The molecule has 0 aliphatic heterocycles. The van der Waals surface area contributed by atoms with Crippen LogP contribution in [0.5, 0.6) is 0 Å². The van der Waals surface area contributed by atoms with E-state index in [-0.39, 0.29) is 30.7 Å². The molecule has 0 saturated heterocycles. The minimum absolute atomic E-state index is 0. The average Bonchev–Trinajstić information content (AvgIpc) is 2.26. The minimum atomic E-state index is -0.275. The second kappa shape index (κ2) is 8.94. The summed E-state index contributed by atoms with van der Waals surface area (Å²) in [6.07, 6.45) is 5.75. The average molecular weight is 357 g/mol. The Labute approximate surface area is 121 Å². The summed E-state index contributed by atoms with van der Waals surface area (Å²) >= 11 is 0. The van der Waals surface area contributed by atoms with E-state index in [4.69, 9.17) is 0 Å². The van der Waals surface area contributed by atoms with Gasteiger partial charge in [-0.3, -0.25) is 9.38 Å². The summed E-state index contributed by atoms with van der Waals surface area (Å²) in [5.74, 6) is 0.799. The van der Waals surface area contributed by atoms with Crippen molar-refractivity contribution in [3.05, 3.63) is 0 Å². The first kappa shape index (κ1) is 16.9. The molecule has 3 nitrogen and oxygen atoms in total. The molecule has 0 aromatic heterocycles. The maximum Gasteiger partial charge on any atom is 0.190 e. The maximum absolute atomic E-state index is 11.9. The Morgan fingerprint density at radius 2 is 2.06 bits per heavy atom. The normalized spacial score (nSPS) is 17.9. The molecule has 0 amide bonds. The molecule has 1 aliphatic carbocycles. The van der Waals surface area contributed by atoms with Crippen molar-refractivity contribution >= 4 is 29.9 Å². The van der Waals surface area contributed by atoms with Gasteiger partial charge in [-0.05, 0) is 31.1 Å². The highest BCUT2D eigenvalue weighted by molar-refractivity contribution is 14.0. The zero-order valence-corrected chi connectivity index (χ0v) is 13.2. The molecule has 1 saturated carbocycles. The molecule has 0 aromatic carbocycles. The Balaban J connectivity index is 0.00000256. The second-order valence-corrected chi connectivity index (χ2v) is 4.60. The van der Waals surface area contributed by atoms with Crippen molar-refractivity contribution < 1.29 is 4.39 Å². The zero-order valence-electron chi connectivity index (χ0n) is 10.9. The number of aliphatic imine (C=N–C) groups is 1. The van der Waals surface area contributed by atoms with Crippen LogP contribution >= 0.6 is 24.0 Å². The third-order valence-electron chi connectivity index (χ3n) is 3.62. The second-order valence-electron chi connectivity index (χ2n) is 4.60. The van der Waals surface area contributed by atoms with Crippen molar-refractivity contribution in [1.82, 2.24) is 10.6 Å². The number of hydrogen-bond acceptors (Lipinski definition) is 1. The topological polar surface area (TPSA) is 36.4 Å². The van der Waals surface area contributed by atoms with Gasteiger partial charge in [-0.25, -0.2) is 0 Å². The summed E-state index contributed by atoms with van der Waals surface area (Å²) in [4.78, 5) is 4.13. The third kappa shape index (κ3) is 5.40. The number of nitrogens with one attached hydrogen (secondary N) is 2. The standard InChI is InChI=1S/C12H24FN3.HI/c1-3-12(6-4-7-12)10-16-11(14-2)15-9-5-8-13;/h3-10H2,1-2H3,(H2,14,15,16);1H. The highest BCUT2D eigenvalue weighted by atomic mass is 127. The molecule has 0 bridgehead atoms. The van der Waals surface area contributed by atoms with E-state index in [9.17, 15) is 4.39 Å². The lowest BCUT2D eigenvalue weighted by Gasteiger charge is -2.41. The van der Waals surface area contributed by atoms with Gasteiger partial charge in [0.1, 0.15) is 0 Å². The van der Waals surface area contributed by atoms with Crippen LogP contribution in [0.1, 0.15) is 39.0 Å². The van der Waals surface area contributed by atoms with E-state index in [0.29, 0.717) is 18.4 Å². The number of nitrogens with zero attached hydrogens (tertiary/aromatic N) is 1. The first-order valence-corrected chi connectivity index (χ1v) is 6.27. The van der Waals surface area contributed by atoms with Crippen LogP contribution in [0.4, 0.5) is 4.39 Å². The highest BCUT2D eigenvalue weighted by Crippen LogP contribution is 2.42. The van der Waals surface area contributed by atoms with Gasteiger partial charge in [0.25, 0.3) is 0 Å². The Kier molecular flexibility index (Phi) is 8.90. The van der Waals surface area contributed by atoms with E-state index < -0.39 is 0 Å². The van der Waals surface area contributed by atoms with Crippen LogP contribution in [0.15, 0.2) is 4.99 Å². The zero-order chi connectivity index (χ0) is 11.9. The minimum Gasteiger partial charge on any atom is -0.356 e. The lowest BCUT2D eigenvalue weighted by molar-refractivity contribution is 0.131. The molecule has 102 valence electrons. The van der Waals surface area contributed by atoms with Crippen molar-refractivity contribution in [2.24, 2.45) is 10.4 Å². The monoisotopic (exact) mass is 357 g/mol. The Bertz CT molecular complexity index is 224. The van der Waals surface area contributed by atoms with Crippen molar-refractivity contribution in [3.63, 3.8) is 0 Å². The van der Waals surface area contributed by atoms with Crippen LogP contribution in [-0.4, -0.2) is 32.8 Å². The van der Waals surface area contributed by atoms with Gasteiger partial charge in [0.15, 0.2) is 5.96 Å². The molecule has 1 rings (SSSR count). The molecular weight excluding hydrogens is 332 g/mol. The largest absolute Gasteiger partial charge is 0.356 e. The lowest BCUT2D eigenvalue weighted by Crippen LogP contribution is -2.46.